The summed E-state index contributed by atoms with van der Waals surface area (Å²) in [4.78, 5) is 28.9. The number of oxime groups is 1. The van der Waals surface area contributed by atoms with Crippen molar-refractivity contribution in [2.75, 3.05) is 13.2 Å². The van der Waals surface area contributed by atoms with Gasteiger partial charge in [-0.05, 0) is 61.4 Å². The lowest BCUT2D eigenvalue weighted by Crippen LogP contribution is -2.44. The molecule has 4 heterocycles. The Kier molecular flexibility index (Phi) is 7.42. The van der Waals surface area contributed by atoms with Crippen LogP contribution in [0.25, 0.3) is 11.1 Å². The zero-order chi connectivity index (χ0) is 30.3. The molecule has 0 bridgehead atoms. The summed E-state index contributed by atoms with van der Waals surface area (Å²) >= 11 is 0. The number of benzene rings is 2. The third-order valence-electron chi connectivity index (χ3n) is 7.57. The number of halogens is 4. The van der Waals surface area contributed by atoms with Crippen molar-refractivity contribution in [3.8, 4) is 11.1 Å². The number of pyridine rings is 1. The van der Waals surface area contributed by atoms with Crippen molar-refractivity contribution >= 4 is 11.6 Å². The zero-order valence-corrected chi connectivity index (χ0v) is 23.3. The minimum Gasteiger partial charge on any atom is -0.385 e. The highest BCUT2D eigenvalue weighted by Gasteiger charge is 2.39. The maximum Gasteiger partial charge on any atom is 0.453 e. The molecule has 2 aromatic carbocycles. The van der Waals surface area contributed by atoms with Gasteiger partial charge in [0.1, 0.15) is 11.6 Å². The first kappa shape index (κ1) is 28.5. The molecule has 4 aromatic rings. The maximum absolute atomic E-state index is 15.0. The molecule has 43 heavy (non-hydrogen) atoms. The molecule has 0 saturated carbocycles. The number of amides is 1. The summed E-state index contributed by atoms with van der Waals surface area (Å²) in [6.45, 7) is 4.11. The minimum atomic E-state index is -4.64. The minimum absolute atomic E-state index is 0.0540. The normalized spacial score (nSPS) is 18.6. The Hall–Kier alpha value is -4.65. The van der Waals surface area contributed by atoms with E-state index in [2.05, 4.69) is 25.5 Å². The Balaban J connectivity index is 1.24. The van der Waals surface area contributed by atoms with Gasteiger partial charge in [-0.25, -0.2) is 14.1 Å². The molecular formula is C30H27F4N7O2. The highest BCUT2D eigenvalue weighted by atomic mass is 19.4. The van der Waals surface area contributed by atoms with Crippen molar-refractivity contribution in [2.24, 2.45) is 5.16 Å². The average molecular weight is 594 g/mol. The van der Waals surface area contributed by atoms with Crippen molar-refractivity contribution in [3.05, 3.63) is 101 Å². The van der Waals surface area contributed by atoms with Gasteiger partial charge in [-0.1, -0.05) is 23.4 Å². The molecule has 1 N–H and O–H groups in total. The van der Waals surface area contributed by atoms with Gasteiger partial charge in [-0.2, -0.15) is 13.2 Å². The number of hydrogen-bond acceptors (Lipinski definition) is 7. The number of hydrogen-bond donors (Lipinski definition) is 1. The number of fused-ring (bicyclic) bond motifs is 1. The molecule has 1 amide bonds. The number of rotatable bonds is 6. The number of carbonyl (C=O) groups excluding carboxylic acids is 1. The second-order valence-electron chi connectivity index (χ2n) is 10.5. The summed E-state index contributed by atoms with van der Waals surface area (Å²) in [5, 5.41) is 10.7. The van der Waals surface area contributed by atoms with Gasteiger partial charge in [-0.3, -0.25) is 14.7 Å². The summed E-state index contributed by atoms with van der Waals surface area (Å²) < 4.78 is 55.7. The van der Waals surface area contributed by atoms with Crippen LogP contribution in [0.2, 0.25) is 0 Å². The first-order chi connectivity index (χ1) is 20.6. The van der Waals surface area contributed by atoms with Gasteiger partial charge in [0, 0.05) is 35.9 Å². The Labute approximate surface area is 244 Å². The van der Waals surface area contributed by atoms with Gasteiger partial charge < -0.3 is 10.2 Å². The Morgan fingerprint density at radius 2 is 1.91 bits per heavy atom. The zero-order valence-electron chi connectivity index (χ0n) is 23.3. The topological polar surface area (TPSA) is 97.5 Å². The third-order valence-corrected chi connectivity index (χ3v) is 7.57. The molecule has 0 spiro atoms. The quantitative estimate of drug-likeness (QED) is 0.299. The average Bonchev–Trinajstić information content (AvgIpc) is 3.66. The standard InChI is InChI=1S/C30H27F4N7O2/c1-17-6-7-22(23(31)11-17)19-12-20(25-15-26(43-39-25)24-5-3-4-8-35-24)14-21(13-19)28(42)36-16-40-9-10-41-27(18(40)2)37-29(38-41)30(32,33)34/h3-8,11-14,18,26H,9-10,15-16H2,1-2H3,(H,36,42). The van der Waals surface area contributed by atoms with Crippen molar-refractivity contribution < 1.29 is 27.2 Å². The largest absolute Gasteiger partial charge is 0.453 e. The van der Waals surface area contributed by atoms with Crippen LogP contribution in [0.5, 0.6) is 0 Å². The number of alkyl halides is 3. The second-order valence-corrected chi connectivity index (χ2v) is 10.5. The van der Waals surface area contributed by atoms with E-state index in [0.717, 1.165) is 5.56 Å². The summed E-state index contributed by atoms with van der Waals surface area (Å²) in [5.74, 6) is -1.87. The molecule has 9 nitrogen and oxygen atoms in total. The van der Waals surface area contributed by atoms with E-state index in [4.69, 9.17) is 4.84 Å². The van der Waals surface area contributed by atoms with Crippen LogP contribution in [0.15, 0.2) is 65.9 Å². The second kappa shape index (κ2) is 11.2. The summed E-state index contributed by atoms with van der Waals surface area (Å²) in [6.07, 6.45) is -2.96. The van der Waals surface area contributed by atoms with E-state index >= 15 is 4.39 Å². The molecule has 2 aliphatic rings. The fourth-order valence-corrected chi connectivity index (χ4v) is 5.23. The molecule has 0 radical (unpaired) electrons. The molecule has 2 aliphatic heterocycles. The van der Waals surface area contributed by atoms with Crippen LogP contribution < -0.4 is 5.32 Å². The van der Waals surface area contributed by atoms with E-state index in [1.165, 1.54) is 10.7 Å². The number of carbonyl (C=O) groups is 1. The van der Waals surface area contributed by atoms with E-state index < -0.39 is 35.9 Å². The van der Waals surface area contributed by atoms with Gasteiger partial charge >= 0.3 is 6.18 Å². The fraction of sp³-hybridized carbons (Fsp3) is 0.300. The van der Waals surface area contributed by atoms with E-state index in [-0.39, 0.29) is 24.6 Å². The number of aromatic nitrogens is 4. The van der Waals surface area contributed by atoms with Gasteiger partial charge in [0.05, 0.1) is 30.7 Å². The SMILES string of the molecule is Cc1ccc(-c2cc(C(=O)NCN3CCn4nc(C(F)(F)F)nc4C3C)cc(C3=NOC(c4ccccn4)C3)c2)c(F)c1. The van der Waals surface area contributed by atoms with Crippen molar-refractivity contribution in [3.63, 3.8) is 0 Å². The third kappa shape index (κ3) is 5.85. The number of nitrogens with one attached hydrogen (secondary N) is 1. The lowest BCUT2D eigenvalue weighted by atomic mass is 9.94. The van der Waals surface area contributed by atoms with E-state index in [1.54, 1.807) is 61.3 Å². The molecule has 13 heteroatoms. The van der Waals surface area contributed by atoms with Crippen molar-refractivity contribution in [2.45, 2.75) is 45.1 Å². The Morgan fingerprint density at radius 1 is 1.09 bits per heavy atom. The van der Waals surface area contributed by atoms with E-state index in [0.29, 0.717) is 41.1 Å². The predicted octanol–water partition coefficient (Wildman–Crippen LogP) is 5.44. The van der Waals surface area contributed by atoms with Crippen molar-refractivity contribution in [1.29, 1.82) is 0 Å². The smallest absolute Gasteiger partial charge is 0.385 e. The molecule has 2 atom stereocenters. The van der Waals surface area contributed by atoms with Crippen LogP contribution in [0.4, 0.5) is 17.6 Å². The van der Waals surface area contributed by atoms with Crippen LogP contribution in [-0.2, 0) is 17.6 Å². The molecule has 222 valence electrons. The number of aryl methyl sites for hydroxylation is 1. The lowest BCUT2D eigenvalue weighted by Gasteiger charge is -2.32. The van der Waals surface area contributed by atoms with Crippen LogP contribution >= 0.6 is 0 Å². The van der Waals surface area contributed by atoms with Crippen LogP contribution in [0.3, 0.4) is 0 Å². The molecular weight excluding hydrogens is 566 g/mol. The summed E-state index contributed by atoms with van der Waals surface area (Å²) in [7, 11) is 0. The lowest BCUT2D eigenvalue weighted by molar-refractivity contribution is -0.145. The van der Waals surface area contributed by atoms with E-state index in [1.807, 2.05) is 12.1 Å². The highest BCUT2D eigenvalue weighted by molar-refractivity contribution is 6.05. The molecule has 2 aromatic heterocycles. The molecule has 0 saturated heterocycles. The first-order valence-corrected chi connectivity index (χ1v) is 13.7. The maximum atomic E-state index is 15.0. The Morgan fingerprint density at radius 3 is 2.65 bits per heavy atom. The van der Waals surface area contributed by atoms with Crippen LogP contribution in [0.1, 0.15) is 64.3 Å². The van der Waals surface area contributed by atoms with Gasteiger partial charge in [0.2, 0.25) is 0 Å². The molecule has 6 rings (SSSR count). The van der Waals surface area contributed by atoms with Gasteiger partial charge in [-0.15, -0.1) is 5.10 Å². The molecule has 2 unspecified atom stereocenters. The first-order valence-electron chi connectivity index (χ1n) is 13.7. The Bertz CT molecular complexity index is 1700. The van der Waals surface area contributed by atoms with E-state index in [9.17, 15) is 18.0 Å². The summed E-state index contributed by atoms with van der Waals surface area (Å²) in [5.41, 5.74) is 3.74. The molecule has 0 aliphatic carbocycles. The van der Waals surface area contributed by atoms with Crippen molar-refractivity contribution in [1.82, 2.24) is 30.0 Å². The summed E-state index contributed by atoms with van der Waals surface area (Å²) in [6, 6.07) is 14.9. The molecule has 0 fully saturated rings. The predicted molar refractivity (Wildman–Crippen MR) is 148 cm³/mol. The number of nitrogens with zero attached hydrogens (tertiary/aromatic N) is 6. The monoisotopic (exact) mass is 593 g/mol. The van der Waals surface area contributed by atoms with Crippen LogP contribution in [-0.4, -0.2) is 49.5 Å². The van der Waals surface area contributed by atoms with Crippen LogP contribution in [0, 0.1) is 12.7 Å². The highest BCUT2D eigenvalue weighted by Crippen LogP contribution is 2.33. The van der Waals surface area contributed by atoms with Gasteiger partial charge in [0.25, 0.3) is 11.7 Å². The fourth-order valence-electron chi connectivity index (χ4n) is 5.23. The van der Waals surface area contributed by atoms with Gasteiger partial charge in [0.15, 0.2) is 6.10 Å².